The molecule has 2 atom stereocenters. The monoisotopic (exact) mass is 284 g/mol. The third-order valence-corrected chi connectivity index (χ3v) is 4.48. The van der Waals surface area contributed by atoms with Crippen LogP contribution >= 0.6 is 0 Å². The summed E-state index contributed by atoms with van der Waals surface area (Å²) in [6, 6.07) is 7.61. The van der Waals surface area contributed by atoms with Gasteiger partial charge < -0.3 is 9.72 Å². The Morgan fingerprint density at radius 1 is 1.19 bits per heavy atom. The number of hydrogen-bond donors (Lipinski definition) is 1. The summed E-state index contributed by atoms with van der Waals surface area (Å²) in [5, 5.41) is 0. The molecule has 0 spiro atoms. The first-order valence-corrected chi connectivity index (χ1v) is 7.35. The molecule has 21 heavy (non-hydrogen) atoms. The van der Waals surface area contributed by atoms with E-state index in [1.807, 2.05) is 24.3 Å². The summed E-state index contributed by atoms with van der Waals surface area (Å²) in [4.78, 5) is 20.0. The Morgan fingerprint density at radius 3 is 2.67 bits per heavy atom. The topological polar surface area (TPSA) is 55.0 Å². The first-order valence-electron chi connectivity index (χ1n) is 7.35. The van der Waals surface area contributed by atoms with Crippen LogP contribution in [0.4, 0.5) is 0 Å². The normalized spacial score (nSPS) is 20.9. The lowest BCUT2D eigenvalue weighted by Crippen LogP contribution is -2.29. The van der Waals surface area contributed by atoms with Crippen molar-refractivity contribution in [2.24, 2.45) is 11.8 Å². The zero-order valence-electron chi connectivity index (χ0n) is 12.6. The Hall–Kier alpha value is -2.10. The van der Waals surface area contributed by atoms with Crippen LogP contribution in [0.15, 0.2) is 29.1 Å². The number of nitrogens with zero attached hydrogens (tertiary/aromatic N) is 1. The number of benzene rings is 1. The van der Waals surface area contributed by atoms with E-state index >= 15 is 0 Å². The molecule has 0 radical (unpaired) electrons. The third-order valence-electron chi connectivity index (χ3n) is 4.48. The molecule has 2 aromatic rings. The number of aromatic nitrogens is 2. The Bertz CT molecular complexity index is 721. The molecule has 0 fully saturated rings. The lowest BCUT2D eigenvalue weighted by Gasteiger charge is -2.26. The molecular formula is C17H20N2O2. The molecule has 2 unspecified atom stereocenters. The number of para-hydroxylation sites is 1. The van der Waals surface area contributed by atoms with Gasteiger partial charge in [0.1, 0.15) is 11.6 Å². The maximum Gasteiger partial charge on any atom is 0.254 e. The van der Waals surface area contributed by atoms with Gasteiger partial charge in [-0.3, -0.25) is 4.79 Å². The molecule has 0 saturated carbocycles. The second-order valence-electron chi connectivity index (χ2n) is 5.90. The third kappa shape index (κ3) is 2.46. The Morgan fingerprint density at radius 2 is 1.90 bits per heavy atom. The van der Waals surface area contributed by atoms with E-state index in [4.69, 9.17) is 9.72 Å². The van der Waals surface area contributed by atoms with Crippen LogP contribution in [-0.4, -0.2) is 17.1 Å². The van der Waals surface area contributed by atoms with Crippen LogP contribution in [0.5, 0.6) is 5.75 Å². The van der Waals surface area contributed by atoms with Crippen molar-refractivity contribution < 1.29 is 4.74 Å². The van der Waals surface area contributed by atoms with Gasteiger partial charge >= 0.3 is 0 Å². The van der Waals surface area contributed by atoms with Crippen molar-refractivity contribution in [1.82, 2.24) is 9.97 Å². The number of ether oxygens (including phenoxy) is 1. The van der Waals surface area contributed by atoms with Gasteiger partial charge in [-0.2, -0.15) is 0 Å². The largest absolute Gasteiger partial charge is 0.496 e. The number of fused-ring (bicyclic) bond motifs is 1. The molecule has 0 bridgehead atoms. The highest BCUT2D eigenvalue weighted by Gasteiger charge is 2.26. The second-order valence-corrected chi connectivity index (χ2v) is 5.90. The predicted molar refractivity (Wildman–Crippen MR) is 82.6 cm³/mol. The minimum atomic E-state index is -0.0142. The molecule has 1 aromatic heterocycles. The van der Waals surface area contributed by atoms with Crippen LogP contribution in [0.2, 0.25) is 0 Å². The lowest BCUT2D eigenvalue weighted by atomic mass is 9.80. The van der Waals surface area contributed by atoms with Gasteiger partial charge in [0, 0.05) is 5.56 Å². The first kappa shape index (κ1) is 13.9. The Labute approximate surface area is 124 Å². The van der Waals surface area contributed by atoms with Crippen LogP contribution in [0.1, 0.15) is 25.1 Å². The fraction of sp³-hybridized carbons (Fsp3) is 0.412. The van der Waals surface area contributed by atoms with Gasteiger partial charge in [-0.25, -0.2) is 4.98 Å². The molecule has 110 valence electrons. The van der Waals surface area contributed by atoms with Crippen LogP contribution in [0, 0.1) is 11.8 Å². The van der Waals surface area contributed by atoms with Crippen LogP contribution < -0.4 is 10.3 Å². The number of hydrogen-bond acceptors (Lipinski definition) is 3. The van der Waals surface area contributed by atoms with Gasteiger partial charge in [0.05, 0.1) is 18.4 Å². The highest BCUT2D eigenvalue weighted by Crippen LogP contribution is 2.30. The second kappa shape index (κ2) is 5.35. The molecule has 1 aliphatic carbocycles. The molecule has 4 heteroatoms. The molecule has 4 nitrogen and oxygen atoms in total. The van der Waals surface area contributed by atoms with Crippen LogP contribution in [0.3, 0.4) is 0 Å². The zero-order chi connectivity index (χ0) is 15.0. The van der Waals surface area contributed by atoms with E-state index in [9.17, 15) is 4.79 Å². The molecule has 1 heterocycles. The van der Waals surface area contributed by atoms with Crippen molar-refractivity contribution in [1.29, 1.82) is 0 Å². The smallest absolute Gasteiger partial charge is 0.254 e. The van der Waals surface area contributed by atoms with E-state index in [0.717, 1.165) is 35.4 Å². The van der Waals surface area contributed by atoms with Gasteiger partial charge in [-0.1, -0.05) is 26.0 Å². The number of nitrogens with one attached hydrogen (secondary N) is 1. The molecule has 0 aliphatic heterocycles. The highest BCUT2D eigenvalue weighted by atomic mass is 16.5. The minimum absolute atomic E-state index is 0.0142. The van der Waals surface area contributed by atoms with E-state index < -0.39 is 0 Å². The summed E-state index contributed by atoms with van der Waals surface area (Å²) < 4.78 is 5.36. The number of rotatable bonds is 2. The summed E-state index contributed by atoms with van der Waals surface area (Å²) in [6.07, 6.45) is 1.67. The quantitative estimate of drug-likeness (QED) is 0.922. The highest BCUT2D eigenvalue weighted by molar-refractivity contribution is 5.64. The summed E-state index contributed by atoms with van der Waals surface area (Å²) in [6.45, 7) is 4.42. The molecule has 0 amide bonds. The van der Waals surface area contributed by atoms with Crippen LogP contribution in [-0.2, 0) is 12.8 Å². The molecular weight excluding hydrogens is 264 g/mol. The van der Waals surface area contributed by atoms with E-state index in [0.29, 0.717) is 17.7 Å². The van der Waals surface area contributed by atoms with Crippen molar-refractivity contribution >= 4 is 0 Å². The van der Waals surface area contributed by atoms with Gasteiger partial charge in [0.15, 0.2) is 0 Å². The van der Waals surface area contributed by atoms with Crippen molar-refractivity contribution in [3.63, 3.8) is 0 Å². The molecule has 1 aromatic carbocycles. The first-order chi connectivity index (χ1) is 10.1. The van der Waals surface area contributed by atoms with E-state index in [1.165, 1.54) is 0 Å². The van der Waals surface area contributed by atoms with Crippen molar-refractivity contribution in [3.05, 3.63) is 45.9 Å². The average Bonchev–Trinajstić information content (AvgIpc) is 2.49. The zero-order valence-corrected chi connectivity index (χ0v) is 12.6. The fourth-order valence-electron chi connectivity index (χ4n) is 2.92. The standard InChI is InChI=1S/C17H20N2O2/c1-10-8-13-14(9-11(10)2)18-16(19-17(13)20)12-6-4-5-7-15(12)21-3/h4-7,10-11H,8-9H2,1-3H3,(H,18,19,20). The number of methoxy groups -OCH3 is 1. The van der Waals surface area contributed by atoms with Crippen molar-refractivity contribution in [3.8, 4) is 17.1 Å². The summed E-state index contributed by atoms with van der Waals surface area (Å²) in [7, 11) is 1.62. The molecule has 0 saturated heterocycles. The summed E-state index contributed by atoms with van der Waals surface area (Å²) in [5.74, 6) is 2.39. The average molecular weight is 284 g/mol. The molecule has 1 aliphatic rings. The Kier molecular flexibility index (Phi) is 3.53. The van der Waals surface area contributed by atoms with E-state index in [1.54, 1.807) is 7.11 Å². The maximum absolute atomic E-state index is 12.4. The van der Waals surface area contributed by atoms with Crippen molar-refractivity contribution in [2.75, 3.05) is 7.11 Å². The lowest BCUT2D eigenvalue weighted by molar-refractivity contribution is 0.354. The van der Waals surface area contributed by atoms with Crippen molar-refractivity contribution in [2.45, 2.75) is 26.7 Å². The molecule has 1 N–H and O–H groups in total. The van der Waals surface area contributed by atoms with Crippen LogP contribution in [0.25, 0.3) is 11.4 Å². The summed E-state index contributed by atoms with van der Waals surface area (Å²) >= 11 is 0. The Balaban J connectivity index is 2.13. The fourth-order valence-corrected chi connectivity index (χ4v) is 2.92. The minimum Gasteiger partial charge on any atom is -0.496 e. The summed E-state index contributed by atoms with van der Waals surface area (Å²) in [5.41, 5.74) is 2.59. The SMILES string of the molecule is COc1ccccc1-c1nc2c(c(=O)[nH]1)CC(C)C(C)C2. The van der Waals surface area contributed by atoms with E-state index in [-0.39, 0.29) is 5.56 Å². The molecule has 3 rings (SSSR count). The predicted octanol–water partition coefficient (Wildman–Crippen LogP) is 2.82. The number of H-pyrrole nitrogens is 1. The van der Waals surface area contributed by atoms with Gasteiger partial charge in [-0.15, -0.1) is 0 Å². The van der Waals surface area contributed by atoms with Gasteiger partial charge in [-0.05, 0) is 36.8 Å². The van der Waals surface area contributed by atoms with Gasteiger partial charge in [0.2, 0.25) is 0 Å². The van der Waals surface area contributed by atoms with E-state index in [2.05, 4.69) is 18.8 Å². The maximum atomic E-state index is 12.4. The van der Waals surface area contributed by atoms with Gasteiger partial charge in [0.25, 0.3) is 5.56 Å². The number of aromatic amines is 1.